The third kappa shape index (κ3) is 4.88. The zero-order valence-corrected chi connectivity index (χ0v) is 20.9. The first-order valence-corrected chi connectivity index (χ1v) is 11.7. The summed E-state index contributed by atoms with van der Waals surface area (Å²) in [5.74, 6) is -0.744. The van der Waals surface area contributed by atoms with Crippen LogP contribution >= 0.6 is 24.2 Å². The highest BCUT2D eigenvalue weighted by Crippen LogP contribution is 2.48. The molecule has 1 aromatic carbocycles. The fraction of sp³-hybridized carbons (Fsp3) is 0.458. The van der Waals surface area contributed by atoms with E-state index in [1.807, 2.05) is 0 Å². The van der Waals surface area contributed by atoms with Gasteiger partial charge in [-0.2, -0.15) is 25.8 Å². The van der Waals surface area contributed by atoms with E-state index in [9.17, 15) is 22.8 Å². The van der Waals surface area contributed by atoms with Crippen LogP contribution in [0.1, 0.15) is 54.4 Å². The zero-order valence-electron chi connectivity index (χ0n) is 19.3. The summed E-state index contributed by atoms with van der Waals surface area (Å²) in [6, 6.07) is 8.51. The summed E-state index contributed by atoms with van der Waals surface area (Å²) in [7, 11) is 0. The molecule has 0 saturated carbocycles. The quantitative estimate of drug-likeness (QED) is 0.314. The fourth-order valence-corrected chi connectivity index (χ4v) is 4.65. The van der Waals surface area contributed by atoms with Gasteiger partial charge in [-0.25, -0.2) is 9.78 Å². The topological polar surface area (TPSA) is 68.7 Å². The Balaban J connectivity index is 1.52. The lowest BCUT2D eigenvalue weighted by molar-refractivity contribution is -0.161. The molecule has 35 heavy (non-hydrogen) atoms. The lowest BCUT2D eigenvalue weighted by Gasteiger charge is -2.47. The maximum atomic E-state index is 14.0. The molecule has 2 aromatic rings. The zero-order chi connectivity index (χ0) is 25.8. The minimum absolute atomic E-state index is 0.109. The molecular weight excluding hydrogens is 505 g/mol. The van der Waals surface area contributed by atoms with E-state index in [1.54, 1.807) is 32.9 Å². The number of carbonyl (C=O) groups excluding carboxylic acids is 2. The number of likely N-dealkylation sites (tertiary alicyclic amines) is 1. The molecule has 3 heterocycles. The molecule has 1 aromatic heterocycles. The SMILES string of the molecule is CC(C)(C)OC(=O)N1CC2(C1)OCc1cc(C(=O)CC(S)(c3cccc(Cl)n3)C(F)(F)F)ccc12. The Morgan fingerprint density at radius 1 is 1.20 bits per heavy atom. The van der Waals surface area contributed by atoms with Crippen LogP contribution in [-0.2, 0) is 26.4 Å². The Hall–Kier alpha value is -2.30. The smallest absolute Gasteiger partial charge is 0.410 e. The van der Waals surface area contributed by atoms with Crippen molar-refractivity contribution in [3.05, 3.63) is 63.9 Å². The molecule has 1 atom stereocenters. The Bertz CT molecular complexity index is 1180. The van der Waals surface area contributed by atoms with Crippen LogP contribution in [0.25, 0.3) is 0 Å². The molecule has 2 aliphatic heterocycles. The average molecular weight is 529 g/mol. The van der Waals surface area contributed by atoms with E-state index in [0.29, 0.717) is 5.56 Å². The van der Waals surface area contributed by atoms with Crippen LogP contribution in [0.2, 0.25) is 5.15 Å². The van der Waals surface area contributed by atoms with Crippen LogP contribution in [0, 0.1) is 0 Å². The molecule has 188 valence electrons. The number of ketones is 1. The molecule has 0 N–H and O–H groups in total. The van der Waals surface area contributed by atoms with Crippen molar-refractivity contribution in [1.82, 2.24) is 9.88 Å². The number of benzene rings is 1. The highest BCUT2D eigenvalue weighted by Gasteiger charge is 2.56. The Kier molecular flexibility index (Phi) is 6.39. The molecule has 11 heteroatoms. The van der Waals surface area contributed by atoms with E-state index in [1.165, 1.54) is 23.1 Å². The summed E-state index contributed by atoms with van der Waals surface area (Å²) in [5, 5.41) is -0.126. The summed E-state index contributed by atoms with van der Waals surface area (Å²) < 4.78 is 50.5. The average Bonchev–Trinajstić information content (AvgIpc) is 3.09. The number of Topliss-reactive ketones (excluding diaryl/α,β-unsaturated/α-hetero) is 1. The van der Waals surface area contributed by atoms with E-state index in [0.717, 1.165) is 11.6 Å². The number of alkyl halides is 3. The number of thiol groups is 1. The number of fused-ring (bicyclic) bond motifs is 2. The predicted molar refractivity (Wildman–Crippen MR) is 126 cm³/mol. The third-order valence-corrected chi connectivity index (χ3v) is 6.84. The number of hydrogen-bond acceptors (Lipinski definition) is 6. The molecule has 4 rings (SSSR count). The van der Waals surface area contributed by atoms with E-state index in [-0.39, 0.29) is 30.4 Å². The van der Waals surface area contributed by atoms with E-state index in [4.69, 9.17) is 21.1 Å². The molecule has 0 aliphatic carbocycles. The van der Waals surface area contributed by atoms with Crippen molar-refractivity contribution in [2.75, 3.05) is 13.1 Å². The van der Waals surface area contributed by atoms with Crippen molar-refractivity contribution in [3.63, 3.8) is 0 Å². The second-order valence-electron chi connectivity index (χ2n) is 9.79. The van der Waals surface area contributed by atoms with Crippen LogP contribution in [0.15, 0.2) is 36.4 Å². The predicted octanol–water partition coefficient (Wildman–Crippen LogP) is 5.67. The van der Waals surface area contributed by atoms with Crippen LogP contribution in [0.4, 0.5) is 18.0 Å². The highest BCUT2D eigenvalue weighted by molar-refractivity contribution is 7.81. The summed E-state index contributed by atoms with van der Waals surface area (Å²) >= 11 is 9.66. The van der Waals surface area contributed by atoms with Gasteiger partial charge in [0.25, 0.3) is 0 Å². The van der Waals surface area contributed by atoms with Gasteiger partial charge < -0.3 is 14.4 Å². The summed E-state index contributed by atoms with van der Waals surface area (Å²) in [6.45, 7) is 6.09. The largest absolute Gasteiger partial charge is 0.444 e. The maximum Gasteiger partial charge on any atom is 0.410 e. The van der Waals surface area contributed by atoms with E-state index >= 15 is 0 Å². The highest BCUT2D eigenvalue weighted by atomic mass is 35.5. The van der Waals surface area contributed by atoms with Crippen LogP contribution < -0.4 is 0 Å². The Morgan fingerprint density at radius 3 is 2.49 bits per heavy atom. The number of rotatable bonds is 4. The first kappa shape index (κ1) is 25.8. The second-order valence-corrected chi connectivity index (χ2v) is 10.9. The minimum atomic E-state index is -4.86. The molecule has 1 spiro atoms. The van der Waals surface area contributed by atoms with Crippen molar-refractivity contribution in [1.29, 1.82) is 0 Å². The van der Waals surface area contributed by atoms with Gasteiger partial charge in [0.05, 0.1) is 25.4 Å². The van der Waals surface area contributed by atoms with Crippen molar-refractivity contribution in [2.24, 2.45) is 0 Å². The molecule has 0 bridgehead atoms. The first-order chi connectivity index (χ1) is 16.1. The molecule has 2 aliphatic rings. The number of hydrogen-bond donors (Lipinski definition) is 1. The molecule has 1 fully saturated rings. The summed E-state index contributed by atoms with van der Waals surface area (Å²) in [6.07, 6.45) is -6.26. The Morgan fingerprint density at radius 2 is 1.89 bits per heavy atom. The van der Waals surface area contributed by atoms with Crippen molar-refractivity contribution >= 4 is 36.1 Å². The maximum absolute atomic E-state index is 14.0. The van der Waals surface area contributed by atoms with Gasteiger partial charge in [-0.05, 0) is 50.1 Å². The standard InChI is InChI=1S/C24H24ClF3N2O4S/c1-21(2,3)34-20(32)30-12-22(13-30)16-8-7-14(9-15(16)11-33-22)17(31)10-23(35,24(26,27)28)18-5-4-6-19(25)29-18/h4-9,35H,10-13H2,1-3H3. The van der Waals surface area contributed by atoms with Crippen LogP contribution in [0.5, 0.6) is 0 Å². The van der Waals surface area contributed by atoms with Gasteiger partial charge in [0, 0.05) is 12.0 Å². The summed E-state index contributed by atoms with van der Waals surface area (Å²) in [4.78, 5) is 30.5. The molecule has 1 amide bonds. The van der Waals surface area contributed by atoms with Gasteiger partial charge in [0.1, 0.15) is 16.4 Å². The van der Waals surface area contributed by atoms with E-state index < -0.39 is 46.1 Å². The van der Waals surface area contributed by atoms with Crippen LogP contribution in [0.3, 0.4) is 0 Å². The Labute approximate surface area is 211 Å². The summed E-state index contributed by atoms with van der Waals surface area (Å²) in [5.41, 5.74) is -0.178. The van der Waals surface area contributed by atoms with E-state index in [2.05, 4.69) is 17.6 Å². The fourth-order valence-electron chi connectivity index (χ4n) is 4.22. The molecular formula is C24H24ClF3N2O4S. The van der Waals surface area contributed by atoms with Gasteiger partial charge in [0.15, 0.2) is 10.5 Å². The molecule has 0 radical (unpaired) electrons. The van der Waals surface area contributed by atoms with Gasteiger partial charge >= 0.3 is 12.3 Å². The van der Waals surface area contributed by atoms with Gasteiger partial charge in [-0.15, -0.1) is 0 Å². The first-order valence-electron chi connectivity index (χ1n) is 10.8. The number of pyridine rings is 1. The number of carbonyl (C=O) groups is 2. The van der Waals surface area contributed by atoms with Gasteiger partial charge in [-0.3, -0.25) is 4.79 Å². The number of nitrogens with zero attached hydrogens (tertiary/aromatic N) is 2. The van der Waals surface area contributed by atoms with Gasteiger partial charge in [-0.1, -0.05) is 29.8 Å². The van der Waals surface area contributed by atoms with Crippen LogP contribution in [-0.4, -0.2) is 46.6 Å². The number of ether oxygens (including phenoxy) is 2. The second kappa shape index (κ2) is 8.67. The number of halogens is 4. The van der Waals surface area contributed by atoms with Crippen molar-refractivity contribution < 1.29 is 32.2 Å². The molecule has 6 nitrogen and oxygen atoms in total. The molecule has 1 unspecified atom stereocenters. The third-order valence-electron chi connectivity index (χ3n) is 5.99. The van der Waals surface area contributed by atoms with Crippen molar-refractivity contribution in [3.8, 4) is 0 Å². The number of aromatic nitrogens is 1. The monoisotopic (exact) mass is 528 g/mol. The number of amides is 1. The lowest BCUT2D eigenvalue weighted by Crippen LogP contribution is -2.61. The minimum Gasteiger partial charge on any atom is -0.444 e. The van der Waals surface area contributed by atoms with Gasteiger partial charge in [0.2, 0.25) is 0 Å². The van der Waals surface area contributed by atoms with Crippen molar-refractivity contribution in [2.45, 2.75) is 55.9 Å². The normalized spacial score (nSPS) is 18.6. The lowest BCUT2D eigenvalue weighted by atomic mass is 9.84. The molecule has 1 saturated heterocycles.